The number of anilines is 1. The lowest BCUT2D eigenvalue weighted by Crippen LogP contribution is -2.30. The molecule has 0 unspecified atom stereocenters. The second-order valence-electron chi connectivity index (χ2n) is 6.73. The fourth-order valence-electron chi connectivity index (χ4n) is 2.80. The molecule has 0 saturated heterocycles. The lowest BCUT2D eigenvalue weighted by Gasteiger charge is -2.14. The van der Waals surface area contributed by atoms with E-state index >= 15 is 0 Å². The first-order valence-corrected chi connectivity index (χ1v) is 9.29. The van der Waals surface area contributed by atoms with E-state index in [0.29, 0.717) is 16.7 Å². The molecule has 0 aliphatic carbocycles. The van der Waals surface area contributed by atoms with Crippen molar-refractivity contribution in [3.05, 3.63) is 70.3 Å². The summed E-state index contributed by atoms with van der Waals surface area (Å²) in [6.07, 6.45) is -5.84. The molecule has 0 bridgehead atoms. The first-order valence-electron chi connectivity index (χ1n) is 9.29. The maximum absolute atomic E-state index is 12.8. The van der Waals surface area contributed by atoms with Crippen molar-refractivity contribution in [2.75, 3.05) is 5.32 Å². The molecule has 0 aliphatic rings. The predicted molar refractivity (Wildman–Crippen MR) is 106 cm³/mol. The Hall–Kier alpha value is -3.69. The Balaban J connectivity index is 1.56. The molecule has 31 heavy (non-hydrogen) atoms. The number of para-hydroxylation sites is 1. The Kier molecular flexibility index (Phi) is 6.38. The molecule has 1 amide bonds. The number of amides is 1. The van der Waals surface area contributed by atoms with Crippen LogP contribution in [0.1, 0.15) is 24.7 Å². The summed E-state index contributed by atoms with van der Waals surface area (Å²) in [5.41, 5.74) is -0.821. The second kappa shape index (κ2) is 8.99. The van der Waals surface area contributed by atoms with E-state index in [9.17, 15) is 27.6 Å². The number of hydrogen-bond acceptors (Lipinski definition) is 5. The highest BCUT2D eigenvalue weighted by atomic mass is 19.4. The number of fused-ring (bicyclic) bond motifs is 1. The van der Waals surface area contributed by atoms with Gasteiger partial charge in [-0.1, -0.05) is 18.2 Å². The highest BCUT2D eigenvalue weighted by Crippen LogP contribution is 2.30. The molecular formula is C21H18F3N3O4. The van der Waals surface area contributed by atoms with Gasteiger partial charge in [0, 0.05) is 12.1 Å². The number of carbonyl (C=O) groups is 2. The molecule has 3 rings (SSSR count). The molecule has 0 aliphatic heterocycles. The van der Waals surface area contributed by atoms with Crippen molar-refractivity contribution in [3.8, 4) is 0 Å². The Morgan fingerprint density at radius 3 is 2.65 bits per heavy atom. The molecular weight excluding hydrogens is 415 g/mol. The van der Waals surface area contributed by atoms with Crippen LogP contribution in [0.5, 0.6) is 0 Å². The van der Waals surface area contributed by atoms with Crippen LogP contribution in [0.25, 0.3) is 10.9 Å². The van der Waals surface area contributed by atoms with Crippen molar-refractivity contribution in [3.63, 3.8) is 0 Å². The summed E-state index contributed by atoms with van der Waals surface area (Å²) in [5.74, 6) is -1.20. The van der Waals surface area contributed by atoms with Crippen LogP contribution < -0.4 is 10.9 Å². The van der Waals surface area contributed by atoms with Gasteiger partial charge in [0.25, 0.3) is 11.5 Å². The van der Waals surface area contributed by atoms with E-state index in [1.54, 1.807) is 24.3 Å². The van der Waals surface area contributed by atoms with Crippen LogP contribution in [-0.4, -0.2) is 27.9 Å². The molecule has 0 radical (unpaired) electrons. The third-order valence-corrected chi connectivity index (χ3v) is 4.36. The summed E-state index contributed by atoms with van der Waals surface area (Å²) >= 11 is 0. The van der Waals surface area contributed by atoms with E-state index in [4.69, 9.17) is 4.74 Å². The minimum Gasteiger partial charge on any atom is -0.453 e. The van der Waals surface area contributed by atoms with Gasteiger partial charge >= 0.3 is 12.1 Å². The quantitative estimate of drug-likeness (QED) is 0.580. The van der Waals surface area contributed by atoms with Crippen molar-refractivity contribution >= 4 is 28.5 Å². The largest absolute Gasteiger partial charge is 0.453 e. The number of alkyl halides is 3. The number of esters is 1. The van der Waals surface area contributed by atoms with Crippen molar-refractivity contribution in [1.82, 2.24) is 9.97 Å². The SMILES string of the molecule is C[C@@H](OC(=O)CCc1nc2ccccc2c(=O)[nH]1)C(=O)Nc1cccc(C(F)(F)F)c1. The van der Waals surface area contributed by atoms with Gasteiger partial charge in [-0.25, -0.2) is 4.98 Å². The zero-order valence-corrected chi connectivity index (χ0v) is 16.3. The van der Waals surface area contributed by atoms with Gasteiger partial charge in [-0.2, -0.15) is 13.2 Å². The molecule has 2 N–H and O–H groups in total. The molecule has 1 heterocycles. The van der Waals surface area contributed by atoms with Gasteiger partial charge in [0.1, 0.15) is 5.82 Å². The number of aromatic nitrogens is 2. The van der Waals surface area contributed by atoms with E-state index in [-0.39, 0.29) is 24.1 Å². The van der Waals surface area contributed by atoms with Crippen molar-refractivity contribution in [2.45, 2.75) is 32.0 Å². The minimum absolute atomic E-state index is 0.0688. The van der Waals surface area contributed by atoms with Crippen LogP contribution in [0.4, 0.5) is 18.9 Å². The molecule has 3 aromatic rings. The summed E-state index contributed by atoms with van der Waals surface area (Å²) in [6, 6.07) is 10.9. The summed E-state index contributed by atoms with van der Waals surface area (Å²) in [7, 11) is 0. The summed E-state index contributed by atoms with van der Waals surface area (Å²) in [4.78, 5) is 43.1. The van der Waals surface area contributed by atoms with Crippen LogP contribution in [-0.2, 0) is 26.9 Å². The number of rotatable bonds is 6. The van der Waals surface area contributed by atoms with E-state index in [1.807, 2.05) is 0 Å². The first kappa shape index (κ1) is 22.0. The van der Waals surface area contributed by atoms with Crippen LogP contribution in [0.15, 0.2) is 53.3 Å². The van der Waals surface area contributed by atoms with Gasteiger partial charge in [0.15, 0.2) is 6.10 Å². The topological polar surface area (TPSA) is 101 Å². The number of nitrogens with zero attached hydrogens (tertiary/aromatic N) is 1. The van der Waals surface area contributed by atoms with Crippen LogP contribution >= 0.6 is 0 Å². The Bertz CT molecular complexity index is 1170. The number of ether oxygens (including phenoxy) is 1. The lowest BCUT2D eigenvalue weighted by molar-refractivity contribution is -0.153. The Morgan fingerprint density at radius 1 is 1.16 bits per heavy atom. The van der Waals surface area contributed by atoms with Crippen molar-refractivity contribution < 1.29 is 27.5 Å². The average Bonchev–Trinajstić information content (AvgIpc) is 2.72. The third kappa shape index (κ3) is 5.68. The van der Waals surface area contributed by atoms with Gasteiger partial charge in [0.05, 0.1) is 22.9 Å². The Morgan fingerprint density at radius 2 is 1.90 bits per heavy atom. The molecule has 1 atom stereocenters. The van der Waals surface area contributed by atoms with Crippen molar-refractivity contribution in [2.24, 2.45) is 0 Å². The second-order valence-corrected chi connectivity index (χ2v) is 6.73. The number of carbonyl (C=O) groups excluding carboxylic acids is 2. The van der Waals surface area contributed by atoms with E-state index in [1.165, 1.54) is 13.0 Å². The standard InChI is InChI=1S/C21H18F3N3O4/c1-12(19(29)25-14-6-4-5-13(11-14)21(22,23)24)31-18(28)10-9-17-26-16-8-3-2-7-15(16)20(30)27-17/h2-8,11-12H,9-10H2,1H3,(H,25,29)(H,26,27,30)/t12-/m1/s1. The number of H-pyrrole nitrogens is 1. The van der Waals surface area contributed by atoms with Gasteiger partial charge in [-0.3, -0.25) is 14.4 Å². The fourth-order valence-corrected chi connectivity index (χ4v) is 2.80. The lowest BCUT2D eigenvalue weighted by atomic mass is 10.2. The van der Waals surface area contributed by atoms with Gasteiger partial charge in [-0.15, -0.1) is 0 Å². The molecule has 0 spiro atoms. The maximum atomic E-state index is 12.8. The number of aromatic amines is 1. The molecule has 2 aromatic carbocycles. The minimum atomic E-state index is -4.55. The smallest absolute Gasteiger partial charge is 0.416 e. The highest BCUT2D eigenvalue weighted by Gasteiger charge is 2.30. The van der Waals surface area contributed by atoms with Gasteiger partial charge in [0.2, 0.25) is 0 Å². The van der Waals surface area contributed by atoms with Crippen LogP contribution in [0.3, 0.4) is 0 Å². The average molecular weight is 433 g/mol. The van der Waals surface area contributed by atoms with Crippen LogP contribution in [0.2, 0.25) is 0 Å². The van der Waals surface area contributed by atoms with Crippen molar-refractivity contribution in [1.29, 1.82) is 0 Å². The van der Waals surface area contributed by atoms with E-state index in [0.717, 1.165) is 18.2 Å². The maximum Gasteiger partial charge on any atom is 0.416 e. The zero-order chi connectivity index (χ0) is 22.6. The predicted octanol–water partition coefficient (Wildman–Crippen LogP) is 3.44. The van der Waals surface area contributed by atoms with E-state index < -0.39 is 29.7 Å². The molecule has 1 aromatic heterocycles. The summed E-state index contributed by atoms with van der Waals surface area (Å²) < 4.78 is 43.3. The fraction of sp³-hybridized carbons (Fsp3) is 0.238. The molecule has 0 saturated carbocycles. The normalized spacial score (nSPS) is 12.4. The third-order valence-electron chi connectivity index (χ3n) is 4.36. The van der Waals surface area contributed by atoms with E-state index in [2.05, 4.69) is 15.3 Å². The summed E-state index contributed by atoms with van der Waals surface area (Å²) in [6.45, 7) is 1.30. The van der Waals surface area contributed by atoms with Crippen LogP contribution in [0, 0.1) is 0 Å². The number of aryl methyl sites for hydroxylation is 1. The number of nitrogens with one attached hydrogen (secondary N) is 2. The molecule has 0 fully saturated rings. The monoisotopic (exact) mass is 433 g/mol. The van der Waals surface area contributed by atoms with Gasteiger partial charge in [-0.05, 0) is 37.3 Å². The highest BCUT2D eigenvalue weighted by molar-refractivity contribution is 5.95. The molecule has 10 heteroatoms. The molecule has 162 valence electrons. The zero-order valence-electron chi connectivity index (χ0n) is 16.3. The number of hydrogen-bond donors (Lipinski definition) is 2. The summed E-state index contributed by atoms with van der Waals surface area (Å²) in [5, 5.41) is 2.71. The first-order chi connectivity index (χ1) is 14.6. The van der Waals surface area contributed by atoms with Gasteiger partial charge < -0.3 is 15.0 Å². The Labute approximate surface area is 174 Å². The number of halogens is 3. The number of benzene rings is 2. The molecule has 7 nitrogen and oxygen atoms in total.